The summed E-state index contributed by atoms with van der Waals surface area (Å²) in [4.78, 5) is 4.51. The van der Waals surface area contributed by atoms with Crippen LogP contribution >= 0.6 is 0 Å². The first-order valence-electron chi connectivity index (χ1n) is 7.99. The second-order valence-electron chi connectivity index (χ2n) is 5.21. The van der Waals surface area contributed by atoms with Crippen LogP contribution in [-0.2, 0) is 11.2 Å². The van der Waals surface area contributed by atoms with Crippen LogP contribution in [0.25, 0.3) is 0 Å². The molecule has 1 aromatic rings. The Balaban J connectivity index is 2.26. The van der Waals surface area contributed by atoms with Crippen molar-refractivity contribution in [1.29, 1.82) is 0 Å². The van der Waals surface area contributed by atoms with E-state index in [0.29, 0.717) is 6.54 Å². The smallest absolute Gasteiger partial charge is 0.191 e. The predicted octanol–water partition coefficient (Wildman–Crippen LogP) is 2.75. The van der Waals surface area contributed by atoms with Crippen molar-refractivity contribution in [3.05, 3.63) is 36.3 Å². The molecule has 0 saturated carbocycles. The molecular formula is C17H29N3O2. The van der Waals surface area contributed by atoms with Gasteiger partial charge in [-0.3, -0.25) is 0 Å². The van der Waals surface area contributed by atoms with Gasteiger partial charge in [0.2, 0.25) is 0 Å². The Morgan fingerprint density at radius 3 is 2.82 bits per heavy atom. The topological polar surface area (TPSA) is 58.8 Å². The first-order valence-corrected chi connectivity index (χ1v) is 7.99. The molecule has 0 fully saturated rings. The maximum Gasteiger partial charge on any atom is 0.191 e. The van der Waals surface area contributed by atoms with E-state index >= 15 is 0 Å². The lowest BCUT2D eigenvalue weighted by molar-refractivity contribution is 0.143. The molecule has 1 heterocycles. The highest BCUT2D eigenvalue weighted by Crippen LogP contribution is 1.99. The molecule has 0 aromatic carbocycles. The van der Waals surface area contributed by atoms with Gasteiger partial charge in [0.15, 0.2) is 5.96 Å². The Bertz CT molecular complexity index is 427. The van der Waals surface area contributed by atoms with E-state index in [4.69, 9.17) is 9.15 Å². The summed E-state index contributed by atoms with van der Waals surface area (Å²) in [5.74, 6) is 1.80. The van der Waals surface area contributed by atoms with Crippen LogP contribution in [0, 0.1) is 0 Å². The monoisotopic (exact) mass is 307 g/mol. The number of nitrogens with zero attached hydrogens (tertiary/aromatic N) is 1. The van der Waals surface area contributed by atoms with Crippen molar-refractivity contribution in [3.8, 4) is 0 Å². The first-order chi connectivity index (χ1) is 10.7. The molecule has 1 aromatic heterocycles. The average Bonchev–Trinajstić information content (AvgIpc) is 3.00. The summed E-state index contributed by atoms with van der Waals surface area (Å²) >= 11 is 0. The molecule has 0 amide bonds. The molecule has 0 aliphatic heterocycles. The van der Waals surface area contributed by atoms with Gasteiger partial charge in [-0.1, -0.05) is 12.2 Å². The van der Waals surface area contributed by atoms with E-state index in [1.807, 2.05) is 26.0 Å². The van der Waals surface area contributed by atoms with Crippen LogP contribution in [0.15, 0.2) is 40.0 Å². The highest BCUT2D eigenvalue weighted by molar-refractivity contribution is 5.79. The van der Waals surface area contributed by atoms with Gasteiger partial charge in [-0.15, -0.1) is 0 Å². The van der Waals surface area contributed by atoms with Gasteiger partial charge in [-0.25, -0.2) is 4.99 Å². The summed E-state index contributed by atoms with van der Waals surface area (Å²) in [6.07, 6.45) is 4.65. The number of guanidine groups is 1. The van der Waals surface area contributed by atoms with E-state index in [2.05, 4.69) is 22.2 Å². The fourth-order valence-electron chi connectivity index (χ4n) is 1.83. The van der Waals surface area contributed by atoms with Crippen LogP contribution in [-0.4, -0.2) is 38.8 Å². The third-order valence-corrected chi connectivity index (χ3v) is 2.96. The minimum absolute atomic E-state index is 0.634. The molecule has 5 nitrogen and oxygen atoms in total. The normalized spacial score (nSPS) is 11.5. The molecule has 0 saturated heterocycles. The second-order valence-corrected chi connectivity index (χ2v) is 5.21. The van der Waals surface area contributed by atoms with E-state index in [1.165, 1.54) is 0 Å². The van der Waals surface area contributed by atoms with Crippen molar-refractivity contribution in [3.63, 3.8) is 0 Å². The van der Waals surface area contributed by atoms with Crippen LogP contribution in [0.5, 0.6) is 0 Å². The number of aliphatic imine (C=N–C) groups is 1. The molecule has 0 aliphatic carbocycles. The lowest BCUT2D eigenvalue weighted by atomic mass is 10.3. The Labute approximate surface area is 133 Å². The number of hydrogen-bond donors (Lipinski definition) is 2. The number of rotatable bonds is 11. The van der Waals surface area contributed by atoms with E-state index in [0.717, 1.165) is 62.9 Å². The second kappa shape index (κ2) is 11.9. The van der Waals surface area contributed by atoms with Crippen molar-refractivity contribution < 1.29 is 9.15 Å². The zero-order valence-electron chi connectivity index (χ0n) is 13.9. The van der Waals surface area contributed by atoms with Gasteiger partial charge in [-0.05, 0) is 38.8 Å². The molecule has 0 bridgehead atoms. The number of unbranched alkanes of at least 4 members (excludes halogenated alkanes) is 1. The van der Waals surface area contributed by atoms with Gasteiger partial charge in [0.05, 0.1) is 12.8 Å². The summed E-state index contributed by atoms with van der Waals surface area (Å²) in [5.41, 5.74) is 1.04. The Morgan fingerprint density at radius 2 is 2.14 bits per heavy atom. The minimum atomic E-state index is 0.634. The van der Waals surface area contributed by atoms with Crippen molar-refractivity contribution in [2.45, 2.75) is 33.1 Å². The summed E-state index contributed by atoms with van der Waals surface area (Å²) in [5, 5.41) is 6.67. The third-order valence-electron chi connectivity index (χ3n) is 2.96. The fraction of sp³-hybridized carbons (Fsp3) is 0.588. The van der Waals surface area contributed by atoms with Crippen LogP contribution in [0.4, 0.5) is 0 Å². The number of furan rings is 1. The Hall–Kier alpha value is -1.75. The molecule has 0 spiro atoms. The van der Waals surface area contributed by atoms with Crippen LogP contribution in [0.2, 0.25) is 0 Å². The molecule has 1 rings (SSSR count). The maximum atomic E-state index is 5.33. The van der Waals surface area contributed by atoms with E-state index in [9.17, 15) is 0 Å². The fourth-order valence-corrected chi connectivity index (χ4v) is 1.83. The van der Waals surface area contributed by atoms with E-state index in [-0.39, 0.29) is 0 Å². The van der Waals surface area contributed by atoms with Gasteiger partial charge in [0, 0.05) is 32.7 Å². The molecule has 0 aliphatic rings. The molecule has 5 heteroatoms. The largest absolute Gasteiger partial charge is 0.469 e. The van der Waals surface area contributed by atoms with Gasteiger partial charge in [0.1, 0.15) is 5.76 Å². The SMILES string of the molecule is C=C(C)CN=C(NCCCCOCC)NCCc1ccco1. The van der Waals surface area contributed by atoms with Crippen LogP contribution < -0.4 is 10.6 Å². The van der Waals surface area contributed by atoms with Crippen LogP contribution in [0.1, 0.15) is 32.4 Å². The van der Waals surface area contributed by atoms with Crippen molar-refractivity contribution in [2.24, 2.45) is 4.99 Å². The van der Waals surface area contributed by atoms with Gasteiger partial charge in [-0.2, -0.15) is 0 Å². The van der Waals surface area contributed by atoms with Crippen molar-refractivity contribution in [2.75, 3.05) is 32.8 Å². The lowest BCUT2D eigenvalue weighted by Crippen LogP contribution is -2.39. The zero-order chi connectivity index (χ0) is 16.0. The minimum Gasteiger partial charge on any atom is -0.469 e. The molecule has 22 heavy (non-hydrogen) atoms. The lowest BCUT2D eigenvalue weighted by Gasteiger charge is -2.12. The van der Waals surface area contributed by atoms with E-state index in [1.54, 1.807) is 6.26 Å². The highest BCUT2D eigenvalue weighted by Gasteiger charge is 2.00. The number of hydrogen-bond acceptors (Lipinski definition) is 3. The molecule has 0 atom stereocenters. The van der Waals surface area contributed by atoms with Gasteiger partial charge in [0.25, 0.3) is 0 Å². The third kappa shape index (κ3) is 9.23. The molecule has 0 radical (unpaired) electrons. The summed E-state index contributed by atoms with van der Waals surface area (Å²) < 4.78 is 10.7. The molecule has 0 unspecified atom stereocenters. The maximum absolute atomic E-state index is 5.33. The quantitative estimate of drug-likeness (QED) is 0.286. The predicted molar refractivity (Wildman–Crippen MR) is 91.3 cm³/mol. The molecular weight excluding hydrogens is 278 g/mol. The zero-order valence-corrected chi connectivity index (χ0v) is 13.9. The Kier molecular flexibility index (Phi) is 9.87. The number of ether oxygens (including phenoxy) is 1. The number of nitrogens with one attached hydrogen (secondary N) is 2. The summed E-state index contributed by atoms with van der Waals surface area (Å²) in [6, 6.07) is 3.88. The molecule has 124 valence electrons. The van der Waals surface area contributed by atoms with Gasteiger partial charge >= 0.3 is 0 Å². The summed E-state index contributed by atoms with van der Waals surface area (Å²) in [7, 11) is 0. The molecule has 2 N–H and O–H groups in total. The first kappa shape index (κ1) is 18.3. The van der Waals surface area contributed by atoms with Gasteiger partial charge < -0.3 is 19.8 Å². The summed E-state index contributed by atoms with van der Waals surface area (Å²) in [6.45, 7) is 11.8. The Morgan fingerprint density at radius 1 is 1.32 bits per heavy atom. The average molecular weight is 307 g/mol. The highest BCUT2D eigenvalue weighted by atomic mass is 16.5. The van der Waals surface area contributed by atoms with Crippen molar-refractivity contribution >= 4 is 5.96 Å². The van der Waals surface area contributed by atoms with E-state index < -0.39 is 0 Å². The standard InChI is InChI=1S/C17H29N3O2/c1-4-21-12-6-5-10-18-17(20-14-15(2)3)19-11-9-16-8-7-13-22-16/h7-8,13H,2,4-6,9-12,14H2,1,3H3,(H2,18,19,20). The van der Waals surface area contributed by atoms with Crippen LogP contribution in [0.3, 0.4) is 0 Å². The van der Waals surface area contributed by atoms with Crippen molar-refractivity contribution in [1.82, 2.24) is 10.6 Å².